The predicted molar refractivity (Wildman–Crippen MR) is 106 cm³/mol. The molecular formula is C19H24BrN3O3. The minimum atomic E-state index is -0.491. The van der Waals surface area contributed by atoms with Gasteiger partial charge in [-0.25, -0.2) is 4.79 Å². The van der Waals surface area contributed by atoms with E-state index in [0.717, 1.165) is 21.1 Å². The molecule has 0 bridgehead atoms. The molecule has 0 aliphatic carbocycles. The number of halogens is 1. The Morgan fingerprint density at radius 3 is 2.35 bits per heavy atom. The van der Waals surface area contributed by atoms with Crippen LogP contribution in [0.25, 0.3) is 10.9 Å². The van der Waals surface area contributed by atoms with Crippen LogP contribution in [-0.4, -0.2) is 53.2 Å². The number of fused-ring (bicyclic) bond motifs is 1. The summed E-state index contributed by atoms with van der Waals surface area (Å²) in [5.74, 6) is -0.0176. The number of nitrogens with zero attached hydrogens (tertiary/aromatic N) is 3. The quantitative estimate of drug-likeness (QED) is 0.694. The van der Waals surface area contributed by atoms with Gasteiger partial charge in [-0.15, -0.1) is 0 Å². The van der Waals surface area contributed by atoms with E-state index in [1.165, 1.54) is 0 Å². The Balaban J connectivity index is 1.81. The molecule has 1 aromatic heterocycles. The molecule has 0 spiro atoms. The summed E-state index contributed by atoms with van der Waals surface area (Å²) in [7, 11) is 0. The third kappa shape index (κ3) is 3.87. The fourth-order valence-corrected chi connectivity index (χ4v) is 3.51. The van der Waals surface area contributed by atoms with Crippen LogP contribution in [0.3, 0.4) is 0 Å². The molecule has 1 fully saturated rings. The molecule has 0 saturated carbocycles. The second kappa shape index (κ2) is 6.95. The lowest BCUT2D eigenvalue weighted by Crippen LogP contribution is -2.50. The number of rotatable bonds is 1. The molecule has 1 aliphatic rings. The predicted octanol–water partition coefficient (Wildman–Crippen LogP) is 4.12. The van der Waals surface area contributed by atoms with Crippen LogP contribution in [0.15, 0.2) is 28.9 Å². The number of ether oxygens (including phenoxy) is 1. The molecule has 2 heterocycles. The molecule has 0 N–H and O–H groups in total. The van der Waals surface area contributed by atoms with Crippen molar-refractivity contribution in [1.82, 2.24) is 9.47 Å². The van der Waals surface area contributed by atoms with Gasteiger partial charge in [0.1, 0.15) is 5.60 Å². The van der Waals surface area contributed by atoms with Gasteiger partial charge in [0.15, 0.2) is 0 Å². The molecule has 1 aliphatic heterocycles. The van der Waals surface area contributed by atoms with Crippen molar-refractivity contribution in [2.45, 2.75) is 33.3 Å². The van der Waals surface area contributed by atoms with E-state index in [2.05, 4.69) is 20.8 Å². The highest BCUT2D eigenvalue weighted by molar-refractivity contribution is 9.10. The number of benzene rings is 1. The Bertz CT molecular complexity index is 846. The van der Waals surface area contributed by atoms with E-state index in [4.69, 9.17) is 4.74 Å². The average Bonchev–Trinajstić information content (AvgIpc) is 2.92. The summed E-state index contributed by atoms with van der Waals surface area (Å²) < 4.78 is 8.10. The molecule has 3 rings (SSSR count). The van der Waals surface area contributed by atoms with Crippen LogP contribution in [0.4, 0.5) is 10.5 Å². The van der Waals surface area contributed by atoms with E-state index in [1.54, 1.807) is 16.4 Å². The second-order valence-electron chi connectivity index (χ2n) is 7.52. The van der Waals surface area contributed by atoms with Gasteiger partial charge in [0.25, 0.3) is 0 Å². The zero-order valence-corrected chi connectivity index (χ0v) is 17.2. The second-order valence-corrected chi connectivity index (χ2v) is 8.43. The first-order valence-electron chi connectivity index (χ1n) is 8.70. The highest BCUT2D eigenvalue weighted by atomic mass is 79.9. The van der Waals surface area contributed by atoms with Gasteiger partial charge in [0.05, 0.1) is 11.2 Å². The van der Waals surface area contributed by atoms with E-state index >= 15 is 0 Å². The Morgan fingerprint density at radius 1 is 1.12 bits per heavy atom. The van der Waals surface area contributed by atoms with Crippen molar-refractivity contribution in [1.29, 1.82) is 0 Å². The van der Waals surface area contributed by atoms with Crippen molar-refractivity contribution in [3.8, 4) is 0 Å². The number of hydrogen-bond acceptors (Lipinski definition) is 4. The minimum absolute atomic E-state index is 0.0176. The van der Waals surface area contributed by atoms with Crippen molar-refractivity contribution in [3.63, 3.8) is 0 Å². The number of amides is 1. The van der Waals surface area contributed by atoms with Crippen LogP contribution in [-0.2, 0) is 4.74 Å². The smallest absolute Gasteiger partial charge is 0.410 e. The first kappa shape index (κ1) is 18.8. The van der Waals surface area contributed by atoms with E-state index < -0.39 is 5.60 Å². The molecule has 140 valence electrons. The number of aromatic nitrogens is 1. The monoisotopic (exact) mass is 421 g/mol. The van der Waals surface area contributed by atoms with Gasteiger partial charge in [-0.3, -0.25) is 9.36 Å². The third-order valence-electron chi connectivity index (χ3n) is 4.36. The topological polar surface area (TPSA) is 54.8 Å². The first-order chi connectivity index (χ1) is 12.2. The fraction of sp³-hybridized carbons (Fsp3) is 0.474. The van der Waals surface area contributed by atoms with Gasteiger partial charge in [-0.2, -0.15) is 0 Å². The summed E-state index contributed by atoms with van der Waals surface area (Å²) in [6.07, 6.45) is 1.62. The van der Waals surface area contributed by atoms with Crippen molar-refractivity contribution in [2.75, 3.05) is 31.1 Å². The van der Waals surface area contributed by atoms with Crippen LogP contribution >= 0.6 is 15.9 Å². The van der Waals surface area contributed by atoms with Gasteiger partial charge in [0.2, 0.25) is 5.91 Å². The summed E-state index contributed by atoms with van der Waals surface area (Å²) in [4.78, 5) is 28.2. The average molecular weight is 422 g/mol. The van der Waals surface area contributed by atoms with Crippen molar-refractivity contribution in [3.05, 3.63) is 28.9 Å². The maximum Gasteiger partial charge on any atom is 0.410 e. The standard InChI is InChI=1S/C19H24BrN3O3/c1-13(24)23-12-17(15-11-14(20)5-6-16(15)23)21-7-9-22(10-8-21)18(25)26-19(2,3)4/h5-6,11-12H,7-10H2,1-4H3. The van der Waals surface area contributed by atoms with Crippen LogP contribution in [0.5, 0.6) is 0 Å². The van der Waals surface area contributed by atoms with Crippen LogP contribution in [0.1, 0.15) is 32.5 Å². The molecule has 1 amide bonds. The van der Waals surface area contributed by atoms with E-state index in [-0.39, 0.29) is 12.0 Å². The molecular weight excluding hydrogens is 398 g/mol. The Labute approximate surface area is 161 Å². The fourth-order valence-electron chi connectivity index (χ4n) is 3.15. The Morgan fingerprint density at radius 2 is 1.77 bits per heavy atom. The summed E-state index contributed by atoms with van der Waals surface area (Å²) in [5.41, 5.74) is 1.42. The minimum Gasteiger partial charge on any atom is -0.444 e. The van der Waals surface area contributed by atoms with E-state index in [0.29, 0.717) is 26.2 Å². The maximum absolute atomic E-state index is 12.2. The lowest BCUT2D eigenvalue weighted by Gasteiger charge is -2.36. The summed E-state index contributed by atoms with van der Waals surface area (Å²) in [6, 6.07) is 5.91. The number of hydrogen-bond donors (Lipinski definition) is 0. The summed E-state index contributed by atoms with van der Waals surface area (Å²) in [5, 5.41) is 1.03. The third-order valence-corrected chi connectivity index (χ3v) is 4.85. The lowest BCUT2D eigenvalue weighted by atomic mass is 10.2. The largest absolute Gasteiger partial charge is 0.444 e. The molecule has 0 atom stereocenters. The molecule has 7 heteroatoms. The molecule has 0 unspecified atom stereocenters. The first-order valence-corrected chi connectivity index (χ1v) is 9.49. The van der Waals surface area contributed by atoms with Crippen molar-refractivity contribution < 1.29 is 14.3 Å². The van der Waals surface area contributed by atoms with Gasteiger partial charge in [0, 0.05) is 49.2 Å². The number of piperazine rings is 1. The number of anilines is 1. The van der Waals surface area contributed by atoms with E-state index in [9.17, 15) is 9.59 Å². The molecule has 0 radical (unpaired) electrons. The lowest BCUT2D eigenvalue weighted by molar-refractivity contribution is 0.0240. The van der Waals surface area contributed by atoms with Crippen LogP contribution in [0, 0.1) is 0 Å². The molecule has 1 aromatic carbocycles. The molecule has 1 saturated heterocycles. The van der Waals surface area contributed by atoms with Gasteiger partial charge in [-0.05, 0) is 39.0 Å². The van der Waals surface area contributed by atoms with E-state index in [1.807, 2.05) is 45.2 Å². The molecule has 26 heavy (non-hydrogen) atoms. The Kier molecular flexibility index (Phi) is 5.01. The summed E-state index contributed by atoms with van der Waals surface area (Å²) >= 11 is 3.51. The van der Waals surface area contributed by atoms with Crippen LogP contribution < -0.4 is 4.90 Å². The zero-order valence-electron chi connectivity index (χ0n) is 15.6. The van der Waals surface area contributed by atoms with Gasteiger partial charge >= 0.3 is 6.09 Å². The SMILES string of the molecule is CC(=O)n1cc(N2CCN(C(=O)OC(C)(C)C)CC2)c2cc(Br)ccc21. The normalized spacial score (nSPS) is 15.4. The molecule has 2 aromatic rings. The zero-order chi connectivity index (χ0) is 19.1. The summed E-state index contributed by atoms with van der Waals surface area (Å²) in [6.45, 7) is 9.75. The highest BCUT2D eigenvalue weighted by Crippen LogP contribution is 2.32. The number of carbonyl (C=O) groups excluding carboxylic acids is 2. The molecule has 6 nitrogen and oxygen atoms in total. The van der Waals surface area contributed by atoms with Crippen molar-refractivity contribution >= 4 is 44.5 Å². The maximum atomic E-state index is 12.2. The van der Waals surface area contributed by atoms with Crippen molar-refractivity contribution in [2.24, 2.45) is 0 Å². The number of carbonyl (C=O) groups is 2. The van der Waals surface area contributed by atoms with Crippen LogP contribution in [0.2, 0.25) is 0 Å². The van der Waals surface area contributed by atoms with Gasteiger partial charge < -0.3 is 14.5 Å². The highest BCUT2D eigenvalue weighted by Gasteiger charge is 2.27. The van der Waals surface area contributed by atoms with Gasteiger partial charge in [-0.1, -0.05) is 15.9 Å². The Hall–Kier alpha value is -2.02.